The minimum absolute atomic E-state index is 0.0244. The molecule has 0 bridgehead atoms. The molecular formula is C27H31FN4O7. The van der Waals surface area contributed by atoms with Crippen molar-refractivity contribution in [3.05, 3.63) is 39.9 Å². The number of primary amides is 1. The second-order valence-electron chi connectivity index (χ2n) is 10.9. The summed E-state index contributed by atoms with van der Waals surface area (Å²) in [7, 11) is 3.24. The summed E-state index contributed by atoms with van der Waals surface area (Å²) in [5.41, 5.74) is 3.97. The van der Waals surface area contributed by atoms with Crippen molar-refractivity contribution in [3.8, 4) is 5.75 Å². The number of aromatic hydroxyl groups is 1. The fourth-order valence-corrected chi connectivity index (χ4v) is 6.72. The predicted octanol–water partition coefficient (Wildman–Crippen LogP) is 1.02. The van der Waals surface area contributed by atoms with Gasteiger partial charge in [0, 0.05) is 17.2 Å². The molecule has 4 atom stereocenters. The summed E-state index contributed by atoms with van der Waals surface area (Å²) in [6.45, 7) is 1.58. The number of Topliss-reactive ketones (excluding diaryl/α,β-unsaturated/α-hetero) is 2. The van der Waals surface area contributed by atoms with Crippen molar-refractivity contribution in [2.75, 3.05) is 39.0 Å². The fraction of sp³-hybridized carbons (Fsp3) is 0.481. The maximum atomic E-state index is 15.3. The molecule has 4 aliphatic rings. The second kappa shape index (κ2) is 9.76. The minimum Gasteiger partial charge on any atom is -0.510 e. The van der Waals surface area contributed by atoms with Gasteiger partial charge in [-0.3, -0.25) is 29.0 Å². The first kappa shape index (κ1) is 26.8. The summed E-state index contributed by atoms with van der Waals surface area (Å²) >= 11 is 0. The van der Waals surface area contributed by atoms with Crippen LogP contribution in [0.2, 0.25) is 0 Å². The molecule has 12 heteroatoms. The topological polar surface area (TPSA) is 174 Å². The highest BCUT2D eigenvalue weighted by atomic mass is 19.1. The van der Waals surface area contributed by atoms with Crippen LogP contribution in [0, 0.1) is 23.6 Å². The van der Waals surface area contributed by atoms with E-state index in [1.807, 2.05) is 4.90 Å². The molecule has 1 aromatic carbocycles. The van der Waals surface area contributed by atoms with Crippen LogP contribution in [0.15, 0.2) is 23.0 Å². The molecule has 3 unspecified atom stereocenters. The number of hydrogen-bond acceptors (Lipinski definition) is 9. The minimum atomic E-state index is -1.40. The van der Waals surface area contributed by atoms with Gasteiger partial charge in [0.15, 0.2) is 17.3 Å². The number of nitrogens with zero attached hydrogens (tertiary/aromatic N) is 2. The number of hydrogen-bond donors (Lipinski definition) is 5. The average molecular weight is 543 g/mol. The summed E-state index contributed by atoms with van der Waals surface area (Å²) in [6, 6.07) is 0.109. The van der Waals surface area contributed by atoms with Crippen LogP contribution < -0.4 is 11.1 Å². The molecule has 3 aliphatic carbocycles. The van der Waals surface area contributed by atoms with E-state index in [0.29, 0.717) is 0 Å². The molecule has 2 amide bonds. The number of likely N-dealkylation sites (tertiary alicyclic amines) is 1. The number of amides is 2. The number of nitrogens with two attached hydrogens (primary N) is 1. The molecule has 1 aliphatic heterocycles. The lowest BCUT2D eigenvalue weighted by Crippen LogP contribution is -2.55. The molecule has 39 heavy (non-hydrogen) atoms. The molecule has 11 nitrogen and oxygen atoms in total. The van der Waals surface area contributed by atoms with Gasteiger partial charge in [-0.05, 0) is 64.7 Å². The largest absolute Gasteiger partial charge is 0.510 e. The summed E-state index contributed by atoms with van der Waals surface area (Å²) in [6.07, 6.45) is 2.00. The Balaban J connectivity index is 1.54. The van der Waals surface area contributed by atoms with Crippen LogP contribution in [0.3, 0.4) is 0 Å². The predicted molar refractivity (Wildman–Crippen MR) is 137 cm³/mol. The van der Waals surface area contributed by atoms with Crippen LogP contribution in [-0.4, -0.2) is 88.3 Å². The van der Waals surface area contributed by atoms with Crippen molar-refractivity contribution in [2.24, 2.45) is 23.5 Å². The van der Waals surface area contributed by atoms with Crippen LogP contribution >= 0.6 is 0 Å². The standard InChI is InChI=1S/C27H31FN4O7/c1-31(2)21-13-8-11-7-12-14(28)9-15(30-16(33)10-32-5-3-4-6-32)22(34)18(12)23(35)17(11)24(36)19(13)25(37)20(26(21)38)27(29)39/h9,11,13,19,21,34-35,38H,3-8,10H2,1-2H3,(H2,29,39)(H,30,33)/t11?,13?,19?,21-/m0/s1. The third-order valence-electron chi connectivity index (χ3n) is 8.35. The first-order valence-corrected chi connectivity index (χ1v) is 12.9. The molecule has 5 rings (SSSR count). The number of halogens is 1. The number of ketones is 2. The zero-order valence-corrected chi connectivity index (χ0v) is 21.7. The molecule has 6 N–H and O–H groups in total. The third-order valence-corrected chi connectivity index (χ3v) is 8.35. The first-order valence-electron chi connectivity index (χ1n) is 12.9. The lowest BCUT2D eigenvalue weighted by molar-refractivity contribution is -0.136. The van der Waals surface area contributed by atoms with E-state index in [1.54, 1.807) is 19.0 Å². The maximum absolute atomic E-state index is 15.3. The van der Waals surface area contributed by atoms with Gasteiger partial charge in [-0.1, -0.05) is 0 Å². The van der Waals surface area contributed by atoms with Crippen molar-refractivity contribution < 1.29 is 38.9 Å². The Hall–Kier alpha value is -3.77. The van der Waals surface area contributed by atoms with Crippen molar-refractivity contribution in [3.63, 3.8) is 0 Å². The molecule has 0 aromatic heterocycles. The Kier molecular flexibility index (Phi) is 6.71. The molecule has 1 saturated carbocycles. The number of anilines is 1. The fourth-order valence-electron chi connectivity index (χ4n) is 6.72. The van der Waals surface area contributed by atoms with Crippen LogP contribution in [0.5, 0.6) is 5.75 Å². The lowest BCUT2D eigenvalue weighted by atomic mass is 9.59. The van der Waals surface area contributed by atoms with Crippen molar-refractivity contribution in [1.29, 1.82) is 0 Å². The van der Waals surface area contributed by atoms with Gasteiger partial charge in [-0.15, -0.1) is 0 Å². The highest BCUT2D eigenvalue weighted by Crippen LogP contribution is 2.51. The number of carbonyl (C=O) groups excluding carboxylic acids is 4. The number of aliphatic hydroxyl groups excluding tert-OH is 2. The van der Waals surface area contributed by atoms with Crippen LogP contribution in [0.25, 0.3) is 5.76 Å². The monoisotopic (exact) mass is 542 g/mol. The van der Waals surface area contributed by atoms with Gasteiger partial charge in [0.05, 0.1) is 29.8 Å². The van der Waals surface area contributed by atoms with Gasteiger partial charge in [0.2, 0.25) is 5.91 Å². The smallest absolute Gasteiger partial charge is 0.255 e. The molecule has 1 saturated heterocycles. The maximum Gasteiger partial charge on any atom is 0.255 e. The first-order chi connectivity index (χ1) is 18.4. The molecule has 208 valence electrons. The number of carbonyl (C=O) groups is 4. The molecular weight excluding hydrogens is 511 g/mol. The summed E-state index contributed by atoms with van der Waals surface area (Å²) in [4.78, 5) is 55.1. The van der Waals surface area contributed by atoms with E-state index >= 15 is 4.39 Å². The quantitative estimate of drug-likeness (QED) is 0.207. The molecule has 1 aromatic rings. The normalized spacial score (nSPS) is 27.0. The molecule has 2 fully saturated rings. The molecule has 0 radical (unpaired) electrons. The third kappa shape index (κ3) is 4.27. The number of rotatable bonds is 5. The summed E-state index contributed by atoms with van der Waals surface area (Å²) in [5, 5.41) is 35.5. The highest BCUT2D eigenvalue weighted by molar-refractivity contribution is 6.28. The average Bonchev–Trinajstić information content (AvgIpc) is 3.34. The van der Waals surface area contributed by atoms with E-state index in [1.165, 1.54) is 0 Å². The van der Waals surface area contributed by atoms with Gasteiger partial charge in [0.1, 0.15) is 22.9 Å². The summed E-state index contributed by atoms with van der Waals surface area (Å²) in [5.74, 6) is -8.76. The Morgan fingerprint density at radius 3 is 2.44 bits per heavy atom. The number of likely N-dealkylation sites (N-methyl/N-ethyl adjacent to an activating group) is 1. The van der Waals surface area contributed by atoms with Gasteiger partial charge in [-0.2, -0.15) is 0 Å². The number of allylic oxidation sites excluding steroid dienone is 1. The lowest BCUT2D eigenvalue weighted by Gasteiger charge is -2.46. The van der Waals surface area contributed by atoms with Crippen LogP contribution in [-0.2, 0) is 25.6 Å². The number of nitrogens with one attached hydrogen (secondary N) is 1. The molecule has 0 spiro atoms. The van der Waals surface area contributed by atoms with E-state index in [0.717, 1.165) is 32.0 Å². The van der Waals surface area contributed by atoms with E-state index in [-0.39, 0.29) is 41.8 Å². The number of aliphatic hydroxyl groups is 2. The Bertz CT molecular complexity index is 1360. The Morgan fingerprint density at radius 1 is 1.15 bits per heavy atom. The Labute approximate surface area is 223 Å². The van der Waals surface area contributed by atoms with Gasteiger partial charge < -0.3 is 26.4 Å². The van der Waals surface area contributed by atoms with Crippen molar-refractivity contribution in [2.45, 2.75) is 31.7 Å². The second-order valence-corrected chi connectivity index (χ2v) is 10.9. The van der Waals surface area contributed by atoms with E-state index in [4.69, 9.17) is 5.73 Å². The van der Waals surface area contributed by atoms with Gasteiger partial charge in [-0.25, -0.2) is 4.39 Å². The van der Waals surface area contributed by atoms with Crippen LogP contribution in [0.1, 0.15) is 30.4 Å². The van der Waals surface area contributed by atoms with E-state index < -0.39 is 75.8 Å². The van der Waals surface area contributed by atoms with Crippen LogP contribution in [0.4, 0.5) is 10.1 Å². The van der Waals surface area contributed by atoms with Crippen molar-refractivity contribution >= 4 is 34.8 Å². The van der Waals surface area contributed by atoms with Gasteiger partial charge >= 0.3 is 0 Å². The number of fused-ring (bicyclic) bond motifs is 3. The van der Waals surface area contributed by atoms with Gasteiger partial charge in [0.25, 0.3) is 5.91 Å². The number of phenolic OH excluding ortho intramolecular Hbond substituents is 1. The summed E-state index contributed by atoms with van der Waals surface area (Å²) < 4.78 is 15.3. The highest BCUT2D eigenvalue weighted by Gasteiger charge is 2.56. The Morgan fingerprint density at radius 2 is 1.82 bits per heavy atom. The van der Waals surface area contributed by atoms with E-state index in [2.05, 4.69) is 5.32 Å². The van der Waals surface area contributed by atoms with E-state index in [9.17, 15) is 34.5 Å². The molecule has 1 heterocycles. The number of benzene rings is 1. The number of phenols is 1. The van der Waals surface area contributed by atoms with Crippen molar-refractivity contribution in [1.82, 2.24) is 9.80 Å². The zero-order chi connectivity index (χ0) is 28.3. The zero-order valence-electron chi connectivity index (χ0n) is 21.7. The SMILES string of the molecule is CN(C)[C@@H]1C(O)=C(C(N)=O)C(=O)C2C(=O)C3=C(O)c4c(O)c(NC(=O)CN5CCCC5)cc(F)c4CC3CC21.